The normalized spacial score (nSPS) is 10.5. The molecule has 1 heterocycles. The van der Waals surface area contributed by atoms with E-state index in [1.165, 1.54) is 17.7 Å². The van der Waals surface area contributed by atoms with E-state index < -0.39 is 0 Å². The first kappa shape index (κ1) is 16.9. The Labute approximate surface area is 147 Å². The van der Waals surface area contributed by atoms with Gasteiger partial charge in [0, 0.05) is 25.8 Å². The van der Waals surface area contributed by atoms with Gasteiger partial charge >= 0.3 is 0 Å². The summed E-state index contributed by atoms with van der Waals surface area (Å²) in [6.45, 7) is 4.25. The maximum atomic E-state index is 13.0. The first-order valence-corrected chi connectivity index (χ1v) is 8.35. The van der Waals surface area contributed by atoms with Gasteiger partial charge in [-0.15, -0.1) is 0 Å². The third kappa shape index (κ3) is 4.76. The van der Waals surface area contributed by atoms with E-state index in [4.69, 9.17) is 0 Å². The Bertz CT molecular complexity index is 790. The second-order valence-corrected chi connectivity index (χ2v) is 5.72. The first-order chi connectivity index (χ1) is 12.2. The van der Waals surface area contributed by atoms with Crippen LogP contribution in [0.4, 0.5) is 16.2 Å². The van der Waals surface area contributed by atoms with E-state index in [2.05, 4.69) is 39.2 Å². The van der Waals surface area contributed by atoms with Crippen LogP contribution >= 0.6 is 0 Å². The van der Waals surface area contributed by atoms with Crippen LogP contribution in [0.2, 0.25) is 0 Å². The van der Waals surface area contributed by atoms with Gasteiger partial charge in [0.05, 0.1) is 0 Å². The van der Waals surface area contributed by atoms with Crippen LogP contribution in [0.15, 0.2) is 66.9 Å². The summed E-state index contributed by atoms with van der Waals surface area (Å²) in [7, 11) is 0. The fourth-order valence-corrected chi connectivity index (χ4v) is 2.52. The topological polar surface area (TPSA) is 41.1 Å². The molecule has 0 saturated heterocycles. The number of hydrogen-bond donors (Lipinski definition) is 1. The van der Waals surface area contributed by atoms with Gasteiger partial charge in [-0.2, -0.15) is 4.98 Å². The number of nitrogens with one attached hydrogen (secondary N) is 1. The Morgan fingerprint density at radius 2 is 1.72 bits per heavy atom. The van der Waals surface area contributed by atoms with Crippen LogP contribution in [0.1, 0.15) is 18.1 Å². The average Bonchev–Trinajstić information content (AvgIpc) is 2.67. The Morgan fingerprint density at radius 1 is 0.960 bits per heavy atom. The highest BCUT2D eigenvalue weighted by atomic mass is 19.1. The summed E-state index contributed by atoms with van der Waals surface area (Å²) < 4.78 is 13.0. The van der Waals surface area contributed by atoms with Crippen molar-refractivity contribution in [2.45, 2.75) is 20.0 Å². The average molecular weight is 336 g/mol. The van der Waals surface area contributed by atoms with Crippen molar-refractivity contribution in [3.8, 4) is 0 Å². The van der Waals surface area contributed by atoms with E-state index in [-0.39, 0.29) is 5.82 Å². The van der Waals surface area contributed by atoms with E-state index in [9.17, 15) is 4.39 Å². The Hall–Kier alpha value is -2.95. The molecule has 128 valence electrons. The minimum Gasteiger partial charge on any atom is -0.366 e. The number of rotatable bonds is 7. The lowest BCUT2D eigenvalue weighted by Crippen LogP contribution is -2.24. The molecule has 3 rings (SSSR count). The molecule has 0 fully saturated rings. The van der Waals surface area contributed by atoms with E-state index in [0.29, 0.717) is 12.5 Å². The van der Waals surface area contributed by atoms with Crippen LogP contribution in [0.5, 0.6) is 0 Å². The Balaban J connectivity index is 1.68. The van der Waals surface area contributed by atoms with E-state index in [0.717, 1.165) is 24.5 Å². The van der Waals surface area contributed by atoms with E-state index in [1.807, 2.05) is 24.3 Å². The number of nitrogens with zero attached hydrogens (tertiary/aromatic N) is 3. The summed E-state index contributed by atoms with van der Waals surface area (Å²) in [6.07, 6.45) is 1.75. The molecule has 0 aliphatic heterocycles. The molecule has 3 aromatic rings. The van der Waals surface area contributed by atoms with Gasteiger partial charge in [-0.05, 0) is 36.2 Å². The lowest BCUT2D eigenvalue weighted by molar-refractivity contribution is 0.627. The van der Waals surface area contributed by atoms with Gasteiger partial charge in [-0.3, -0.25) is 0 Å². The zero-order valence-corrected chi connectivity index (χ0v) is 14.2. The van der Waals surface area contributed by atoms with Gasteiger partial charge in [0.25, 0.3) is 0 Å². The summed E-state index contributed by atoms with van der Waals surface area (Å²) in [5.41, 5.74) is 2.22. The molecule has 0 spiro atoms. The molecule has 0 aliphatic rings. The zero-order chi connectivity index (χ0) is 17.5. The van der Waals surface area contributed by atoms with Crippen molar-refractivity contribution in [3.63, 3.8) is 0 Å². The number of benzene rings is 2. The third-order valence-electron chi connectivity index (χ3n) is 3.91. The molecular weight excluding hydrogens is 315 g/mol. The van der Waals surface area contributed by atoms with Crippen LogP contribution < -0.4 is 10.2 Å². The molecule has 0 atom stereocenters. The van der Waals surface area contributed by atoms with Crippen molar-refractivity contribution in [2.24, 2.45) is 0 Å². The molecule has 4 nitrogen and oxygen atoms in total. The van der Waals surface area contributed by atoms with Crippen LogP contribution in [0, 0.1) is 5.82 Å². The van der Waals surface area contributed by atoms with Gasteiger partial charge in [-0.1, -0.05) is 42.5 Å². The van der Waals surface area contributed by atoms with Gasteiger partial charge in [-0.25, -0.2) is 9.37 Å². The SMILES string of the molecule is CCN(Cc1ccccc1)c1nccc(NCc2ccc(F)cc2)n1. The summed E-state index contributed by atoms with van der Waals surface area (Å²) in [4.78, 5) is 11.1. The molecule has 0 saturated carbocycles. The molecular formula is C20H21FN4. The summed E-state index contributed by atoms with van der Waals surface area (Å²) in [6, 6.07) is 18.5. The van der Waals surface area contributed by atoms with Crippen molar-refractivity contribution in [3.05, 3.63) is 83.8 Å². The van der Waals surface area contributed by atoms with Crippen molar-refractivity contribution < 1.29 is 4.39 Å². The molecule has 0 radical (unpaired) electrons. The minimum atomic E-state index is -0.229. The fourth-order valence-electron chi connectivity index (χ4n) is 2.52. The van der Waals surface area contributed by atoms with Gasteiger partial charge < -0.3 is 10.2 Å². The molecule has 2 aromatic carbocycles. The molecule has 25 heavy (non-hydrogen) atoms. The second kappa shape index (κ2) is 8.24. The fraction of sp³-hybridized carbons (Fsp3) is 0.200. The lowest BCUT2D eigenvalue weighted by atomic mass is 10.2. The number of hydrogen-bond acceptors (Lipinski definition) is 4. The van der Waals surface area contributed by atoms with Crippen molar-refractivity contribution >= 4 is 11.8 Å². The highest BCUT2D eigenvalue weighted by Crippen LogP contribution is 2.15. The zero-order valence-electron chi connectivity index (χ0n) is 14.2. The highest BCUT2D eigenvalue weighted by Gasteiger charge is 2.09. The quantitative estimate of drug-likeness (QED) is 0.700. The van der Waals surface area contributed by atoms with Gasteiger partial charge in [0.1, 0.15) is 11.6 Å². The van der Waals surface area contributed by atoms with Crippen molar-refractivity contribution in [1.29, 1.82) is 0 Å². The molecule has 0 unspecified atom stereocenters. The lowest BCUT2D eigenvalue weighted by Gasteiger charge is -2.21. The standard InChI is InChI=1S/C20H21FN4/c1-2-25(15-17-6-4-3-5-7-17)20-22-13-12-19(24-20)23-14-16-8-10-18(21)11-9-16/h3-13H,2,14-15H2,1H3,(H,22,23,24). The highest BCUT2D eigenvalue weighted by molar-refractivity contribution is 5.42. The van der Waals surface area contributed by atoms with Gasteiger partial charge in [0.15, 0.2) is 0 Å². The first-order valence-electron chi connectivity index (χ1n) is 8.35. The minimum absolute atomic E-state index is 0.229. The number of aromatic nitrogens is 2. The number of halogens is 1. The molecule has 0 aliphatic carbocycles. The number of anilines is 2. The summed E-state index contributed by atoms with van der Waals surface area (Å²) in [5.74, 6) is 1.21. The molecule has 0 amide bonds. The second-order valence-electron chi connectivity index (χ2n) is 5.72. The summed E-state index contributed by atoms with van der Waals surface area (Å²) >= 11 is 0. The molecule has 1 aromatic heterocycles. The molecule has 5 heteroatoms. The maximum Gasteiger partial charge on any atom is 0.227 e. The van der Waals surface area contributed by atoms with E-state index in [1.54, 1.807) is 18.3 Å². The third-order valence-corrected chi connectivity index (χ3v) is 3.91. The monoisotopic (exact) mass is 336 g/mol. The van der Waals surface area contributed by atoms with Gasteiger partial charge in [0.2, 0.25) is 5.95 Å². The predicted molar refractivity (Wildman–Crippen MR) is 98.9 cm³/mol. The Morgan fingerprint density at radius 3 is 2.44 bits per heavy atom. The van der Waals surface area contributed by atoms with Crippen LogP contribution in [-0.4, -0.2) is 16.5 Å². The Kier molecular flexibility index (Phi) is 5.57. The van der Waals surface area contributed by atoms with Crippen molar-refractivity contribution in [2.75, 3.05) is 16.8 Å². The van der Waals surface area contributed by atoms with Crippen LogP contribution in [-0.2, 0) is 13.1 Å². The van der Waals surface area contributed by atoms with Crippen LogP contribution in [0.25, 0.3) is 0 Å². The van der Waals surface area contributed by atoms with Crippen LogP contribution in [0.3, 0.4) is 0 Å². The van der Waals surface area contributed by atoms with E-state index >= 15 is 0 Å². The molecule has 0 bridgehead atoms. The summed E-state index contributed by atoms with van der Waals surface area (Å²) in [5, 5.41) is 3.26. The smallest absolute Gasteiger partial charge is 0.227 e. The van der Waals surface area contributed by atoms with Crippen molar-refractivity contribution in [1.82, 2.24) is 9.97 Å². The largest absolute Gasteiger partial charge is 0.366 e. The predicted octanol–water partition coefficient (Wildman–Crippen LogP) is 4.25. The molecule has 1 N–H and O–H groups in total. The maximum absolute atomic E-state index is 13.0.